The second-order valence-electron chi connectivity index (χ2n) is 4.14. The van der Waals surface area contributed by atoms with Gasteiger partial charge in [-0.05, 0) is 18.1 Å². The minimum absolute atomic E-state index is 0.153. The minimum Gasteiger partial charge on any atom is -0.273 e. The number of anilines is 1. The van der Waals surface area contributed by atoms with Crippen molar-refractivity contribution < 1.29 is 4.79 Å². The van der Waals surface area contributed by atoms with Crippen LogP contribution in [-0.4, -0.2) is 17.4 Å². The third-order valence-corrected chi connectivity index (χ3v) is 3.53. The van der Waals surface area contributed by atoms with Gasteiger partial charge in [0, 0.05) is 17.7 Å². The van der Waals surface area contributed by atoms with Crippen molar-refractivity contribution in [1.29, 1.82) is 0 Å². The number of carbonyl (C=O) groups is 1. The Morgan fingerprint density at radius 3 is 2.80 bits per heavy atom. The van der Waals surface area contributed by atoms with E-state index in [1.165, 1.54) is 16.2 Å². The SMILES string of the molecule is C#CCN(C(=O)/C=C(\C)c1ccccc1)c1nccs1. The van der Waals surface area contributed by atoms with Crippen LogP contribution in [0.5, 0.6) is 0 Å². The van der Waals surface area contributed by atoms with E-state index in [-0.39, 0.29) is 12.5 Å². The average molecular weight is 282 g/mol. The van der Waals surface area contributed by atoms with E-state index in [4.69, 9.17) is 6.42 Å². The molecule has 1 aromatic heterocycles. The Kier molecular flexibility index (Phi) is 4.70. The van der Waals surface area contributed by atoms with E-state index in [0.29, 0.717) is 5.13 Å². The van der Waals surface area contributed by atoms with E-state index in [9.17, 15) is 4.79 Å². The molecule has 1 heterocycles. The van der Waals surface area contributed by atoms with E-state index < -0.39 is 0 Å². The van der Waals surface area contributed by atoms with Crippen LogP contribution in [0.15, 0.2) is 48.0 Å². The first-order valence-corrected chi connectivity index (χ1v) is 6.98. The topological polar surface area (TPSA) is 33.2 Å². The van der Waals surface area contributed by atoms with Crippen LogP contribution in [0, 0.1) is 12.3 Å². The summed E-state index contributed by atoms with van der Waals surface area (Å²) in [5.74, 6) is 2.34. The summed E-state index contributed by atoms with van der Waals surface area (Å²) in [4.78, 5) is 18.0. The maximum absolute atomic E-state index is 12.3. The molecular weight excluding hydrogens is 268 g/mol. The van der Waals surface area contributed by atoms with Crippen LogP contribution in [0.2, 0.25) is 0 Å². The van der Waals surface area contributed by atoms with Gasteiger partial charge in [-0.2, -0.15) is 0 Å². The predicted octanol–water partition coefficient (Wildman–Crippen LogP) is 3.21. The summed E-state index contributed by atoms with van der Waals surface area (Å²) in [5, 5.41) is 2.44. The van der Waals surface area contributed by atoms with Crippen LogP contribution in [0.25, 0.3) is 5.57 Å². The molecule has 0 N–H and O–H groups in total. The number of nitrogens with zero attached hydrogens (tertiary/aromatic N) is 2. The molecule has 3 nitrogen and oxygen atoms in total. The second-order valence-corrected chi connectivity index (χ2v) is 5.01. The van der Waals surface area contributed by atoms with Crippen molar-refractivity contribution in [2.45, 2.75) is 6.92 Å². The van der Waals surface area contributed by atoms with Gasteiger partial charge in [0.2, 0.25) is 0 Å². The number of carbonyl (C=O) groups excluding carboxylic acids is 1. The quantitative estimate of drug-likeness (QED) is 0.637. The number of hydrogen-bond donors (Lipinski definition) is 0. The summed E-state index contributed by atoms with van der Waals surface area (Å²) < 4.78 is 0. The van der Waals surface area contributed by atoms with Crippen LogP contribution >= 0.6 is 11.3 Å². The van der Waals surface area contributed by atoms with Crippen LogP contribution in [0.3, 0.4) is 0 Å². The predicted molar refractivity (Wildman–Crippen MR) is 83.4 cm³/mol. The standard InChI is InChI=1S/C16H14N2OS/c1-3-10-18(16-17-9-11-20-16)15(19)12-13(2)14-7-5-4-6-8-14/h1,4-9,11-12H,10H2,2H3/b13-12+. The Morgan fingerprint density at radius 1 is 1.45 bits per heavy atom. The molecule has 1 amide bonds. The highest BCUT2D eigenvalue weighted by Crippen LogP contribution is 2.19. The second kappa shape index (κ2) is 6.69. The maximum Gasteiger partial charge on any atom is 0.253 e. The third-order valence-electron chi connectivity index (χ3n) is 2.73. The van der Waals surface area contributed by atoms with Gasteiger partial charge in [0.25, 0.3) is 5.91 Å². The third kappa shape index (κ3) is 3.34. The summed E-state index contributed by atoms with van der Waals surface area (Å²) >= 11 is 1.39. The van der Waals surface area contributed by atoms with Crippen molar-refractivity contribution in [3.05, 3.63) is 53.5 Å². The van der Waals surface area contributed by atoms with Crippen molar-refractivity contribution in [3.63, 3.8) is 0 Å². The van der Waals surface area contributed by atoms with Gasteiger partial charge in [-0.15, -0.1) is 17.8 Å². The van der Waals surface area contributed by atoms with E-state index in [0.717, 1.165) is 11.1 Å². The smallest absolute Gasteiger partial charge is 0.253 e. The van der Waals surface area contributed by atoms with Crippen LogP contribution < -0.4 is 4.90 Å². The van der Waals surface area contributed by atoms with E-state index in [1.54, 1.807) is 12.3 Å². The molecule has 0 fully saturated rings. The number of benzene rings is 1. The molecule has 4 heteroatoms. The van der Waals surface area contributed by atoms with Gasteiger partial charge in [0.15, 0.2) is 5.13 Å². The van der Waals surface area contributed by atoms with Gasteiger partial charge < -0.3 is 0 Å². The largest absolute Gasteiger partial charge is 0.273 e. The number of terminal acetylenes is 1. The summed E-state index contributed by atoms with van der Waals surface area (Å²) in [6, 6.07) is 9.76. The minimum atomic E-state index is -0.153. The van der Waals surface area contributed by atoms with Gasteiger partial charge in [-0.25, -0.2) is 4.98 Å². The Bertz CT molecular complexity index is 639. The van der Waals surface area contributed by atoms with E-state index in [1.807, 2.05) is 42.6 Å². The van der Waals surface area contributed by atoms with Crippen molar-refractivity contribution >= 4 is 27.9 Å². The van der Waals surface area contributed by atoms with Gasteiger partial charge in [-0.3, -0.25) is 9.69 Å². The highest BCUT2D eigenvalue weighted by Gasteiger charge is 2.15. The number of aromatic nitrogens is 1. The molecular formula is C16H14N2OS. The molecule has 0 aliphatic rings. The number of hydrogen-bond acceptors (Lipinski definition) is 3. The molecule has 0 unspecified atom stereocenters. The van der Waals surface area contributed by atoms with Gasteiger partial charge in [0.05, 0.1) is 6.54 Å². The fourth-order valence-electron chi connectivity index (χ4n) is 1.73. The molecule has 0 atom stereocenters. The fraction of sp³-hybridized carbons (Fsp3) is 0.125. The van der Waals surface area contributed by atoms with Crippen LogP contribution in [0.4, 0.5) is 5.13 Å². The molecule has 0 spiro atoms. The van der Waals surface area contributed by atoms with Gasteiger partial charge >= 0.3 is 0 Å². The molecule has 20 heavy (non-hydrogen) atoms. The average Bonchev–Trinajstić information content (AvgIpc) is 2.99. The molecule has 100 valence electrons. The van der Waals surface area contributed by atoms with Crippen LogP contribution in [0.1, 0.15) is 12.5 Å². The number of thiazole rings is 1. The Morgan fingerprint density at radius 2 is 2.20 bits per heavy atom. The Balaban J connectivity index is 2.23. The number of allylic oxidation sites excluding steroid dienone is 1. The van der Waals surface area contributed by atoms with Crippen molar-refractivity contribution in [2.75, 3.05) is 11.4 Å². The summed E-state index contributed by atoms with van der Waals surface area (Å²) in [6.07, 6.45) is 8.58. The monoisotopic (exact) mass is 282 g/mol. The Labute approximate surface area is 122 Å². The van der Waals surface area contributed by atoms with E-state index in [2.05, 4.69) is 10.9 Å². The highest BCUT2D eigenvalue weighted by atomic mass is 32.1. The zero-order chi connectivity index (χ0) is 14.4. The van der Waals surface area contributed by atoms with Gasteiger partial charge in [-0.1, -0.05) is 36.3 Å². The Hall–Kier alpha value is -2.38. The summed E-state index contributed by atoms with van der Waals surface area (Å²) in [6.45, 7) is 2.12. The summed E-state index contributed by atoms with van der Waals surface area (Å²) in [5.41, 5.74) is 1.91. The first kappa shape index (κ1) is 14.0. The molecule has 2 rings (SSSR count). The lowest BCUT2D eigenvalue weighted by atomic mass is 10.1. The molecule has 2 aromatic rings. The molecule has 0 saturated heterocycles. The first-order valence-electron chi connectivity index (χ1n) is 6.10. The molecule has 0 bridgehead atoms. The van der Waals surface area contributed by atoms with Crippen molar-refractivity contribution in [2.24, 2.45) is 0 Å². The number of rotatable bonds is 4. The maximum atomic E-state index is 12.3. The van der Waals surface area contributed by atoms with E-state index >= 15 is 0 Å². The normalized spacial score (nSPS) is 10.9. The first-order chi connectivity index (χ1) is 9.72. The molecule has 0 aliphatic heterocycles. The van der Waals surface area contributed by atoms with Crippen LogP contribution in [-0.2, 0) is 4.79 Å². The zero-order valence-corrected chi connectivity index (χ0v) is 11.9. The zero-order valence-electron chi connectivity index (χ0n) is 11.1. The van der Waals surface area contributed by atoms with Crippen molar-refractivity contribution in [3.8, 4) is 12.3 Å². The summed E-state index contributed by atoms with van der Waals surface area (Å²) in [7, 11) is 0. The van der Waals surface area contributed by atoms with Gasteiger partial charge in [0.1, 0.15) is 0 Å². The molecule has 0 saturated carbocycles. The lowest BCUT2D eigenvalue weighted by molar-refractivity contribution is -0.114. The molecule has 1 aromatic carbocycles. The number of amides is 1. The molecule has 0 aliphatic carbocycles. The lowest BCUT2D eigenvalue weighted by Gasteiger charge is -2.15. The molecule has 0 radical (unpaired) electrons. The highest BCUT2D eigenvalue weighted by molar-refractivity contribution is 7.13. The van der Waals surface area contributed by atoms with Crippen molar-refractivity contribution in [1.82, 2.24) is 4.98 Å². The lowest BCUT2D eigenvalue weighted by Crippen LogP contribution is -2.29. The fourth-order valence-corrected chi connectivity index (χ4v) is 2.37.